The SMILES string of the molecule is CSCCN(C)C(=O)NCCc1ccccc1C(=O)O. The molecule has 6 heteroatoms. The Kier molecular flexibility index (Phi) is 6.93. The van der Waals surface area contributed by atoms with Gasteiger partial charge in [-0.05, 0) is 24.3 Å². The Morgan fingerprint density at radius 3 is 2.70 bits per heavy atom. The first-order chi connectivity index (χ1) is 9.56. The molecule has 1 aromatic rings. The number of carboxylic acid groups (broad SMARTS) is 1. The van der Waals surface area contributed by atoms with Crippen LogP contribution >= 0.6 is 11.8 Å². The molecular weight excluding hydrogens is 276 g/mol. The maximum absolute atomic E-state index is 11.7. The molecule has 0 bridgehead atoms. The summed E-state index contributed by atoms with van der Waals surface area (Å²) < 4.78 is 0. The van der Waals surface area contributed by atoms with Gasteiger partial charge in [0.15, 0.2) is 0 Å². The zero-order valence-corrected chi connectivity index (χ0v) is 12.6. The summed E-state index contributed by atoms with van der Waals surface area (Å²) in [6, 6.07) is 6.71. The normalized spacial score (nSPS) is 10.1. The molecule has 0 aliphatic rings. The van der Waals surface area contributed by atoms with Crippen molar-refractivity contribution in [1.82, 2.24) is 10.2 Å². The van der Waals surface area contributed by atoms with Gasteiger partial charge in [-0.2, -0.15) is 11.8 Å². The van der Waals surface area contributed by atoms with Crippen LogP contribution in [0.4, 0.5) is 4.79 Å². The third-order valence-corrected chi connectivity index (χ3v) is 3.49. The molecule has 0 atom stereocenters. The fourth-order valence-corrected chi connectivity index (χ4v) is 2.17. The second-order valence-electron chi connectivity index (χ2n) is 4.36. The van der Waals surface area contributed by atoms with Crippen molar-refractivity contribution in [2.75, 3.05) is 32.1 Å². The second kappa shape index (κ2) is 8.47. The molecule has 2 amide bonds. The lowest BCUT2D eigenvalue weighted by Crippen LogP contribution is -2.39. The second-order valence-corrected chi connectivity index (χ2v) is 5.34. The minimum absolute atomic E-state index is 0.133. The van der Waals surface area contributed by atoms with Gasteiger partial charge in [0.25, 0.3) is 0 Å². The molecule has 20 heavy (non-hydrogen) atoms. The molecule has 0 radical (unpaired) electrons. The molecule has 0 unspecified atom stereocenters. The van der Waals surface area contributed by atoms with Crippen molar-refractivity contribution in [2.24, 2.45) is 0 Å². The number of nitrogens with zero attached hydrogens (tertiary/aromatic N) is 1. The van der Waals surface area contributed by atoms with Crippen molar-refractivity contribution in [3.8, 4) is 0 Å². The average molecular weight is 296 g/mol. The van der Waals surface area contributed by atoms with Gasteiger partial charge >= 0.3 is 12.0 Å². The minimum Gasteiger partial charge on any atom is -0.478 e. The van der Waals surface area contributed by atoms with Crippen LogP contribution in [0.1, 0.15) is 15.9 Å². The highest BCUT2D eigenvalue weighted by Gasteiger charge is 2.10. The van der Waals surface area contributed by atoms with E-state index in [0.29, 0.717) is 19.5 Å². The molecular formula is C14H20N2O3S. The van der Waals surface area contributed by atoms with Crippen LogP contribution < -0.4 is 5.32 Å². The van der Waals surface area contributed by atoms with Gasteiger partial charge < -0.3 is 15.3 Å². The van der Waals surface area contributed by atoms with Crippen LogP contribution in [0.3, 0.4) is 0 Å². The van der Waals surface area contributed by atoms with Gasteiger partial charge in [-0.15, -0.1) is 0 Å². The smallest absolute Gasteiger partial charge is 0.335 e. The maximum Gasteiger partial charge on any atom is 0.335 e. The van der Waals surface area contributed by atoms with E-state index in [2.05, 4.69) is 5.32 Å². The highest BCUT2D eigenvalue weighted by molar-refractivity contribution is 7.98. The Morgan fingerprint density at radius 2 is 2.05 bits per heavy atom. The molecule has 2 N–H and O–H groups in total. The topological polar surface area (TPSA) is 69.6 Å². The van der Waals surface area contributed by atoms with E-state index in [4.69, 9.17) is 5.11 Å². The molecule has 5 nitrogen and oxygen atoms in total. The molecule has 1 aromatic carbocycles. The lowest BCUT2D eigenvalue weighted by atomic mass is 10.0. The van der Waals surface area contributed by atoms with E-state index in [1.165, 1.54) is 0 Å². The summed E-state index contributed by atoms with van der Waals surface area (Å²) in [6.07, 6.45) is 2.50. The van der Waals surface area contributed by atoms with Crippen molar-refractivity contribution in [2.45, 2.75) is 6.42 Å². The number of aromatic carboxylic acids is 1. The highest BCUT2D eigenvalue weighted by atomic mass is 32.2. The molecule has 0 saturated heterocycles. The predicted octanol–water partition coefficient (Wildman–Crippen LogP) is 1.93. The van der Waals surface area contributed by atoms with Crippen LogP contribution in [0, 0.1) is 0 Å². The van der Waals surface area contributed by atoms with Crippen LogP contribution in [-0.4, -0.2) is 54.2 Å². The lowest BCUT2D eigenvalue weighted by molar-refractivity contribution is 0.0695. The minimum atomic E-state index is -0.941. The summed E-state index contributed by atoms with van der Waals surface area (Å²) in [5.74, 6) is -0.0461. The number of hydrogen-bond donors (Lipinski definition) is 2. The summed E-state index contributed by atoms with van der Waals surface area (Å²) in [5, 5.41) is 11.9. The van der Waals surface area contributed by atoms with Crippen molar-refractivity contribution in [1.29, 1.82) is 0 Å². The van der Waals surface area contributed by atoms with Gasteiger partial charge in [-0.1, -0.05) is 18.2 Å². The van der Waals surface area contributed by atoms with Crippen molar-refractivity contribution in [3.05, 3.63) is 35.4 Å². The quantitative estimate of drug-likeness (QED) is 0.806. The van der Waals surface area contributed by atoms with Crippen LogP contribution in [0.25, 0.3) is 0 Å². The fraction of sp³-hybridized carbons (Fsp3) is 0.429. The van der Waals surface area contributed by atoms with Crippen LogP contribution in [0.2, 0.25) is 0 Å². The number of amides is 2. The molecule has 1 rings (SSSR count). The molecule has 0 aliphatic heterocycles. The first-order valence-corrected chi connectivity index (χ1v) is 7.74. The lowest BCUT2D eigenvalue weighted by Gasteiger charge is -2.17. The summed E-state index contributed by atoms with van der Waals surface area (Å²) in [5.41, 5.74) is 1.02. The first kappa shape index (κ1) is 16.4. The summed E-state index contributed by atoms with van der Waals surface area (Å²) >= 11 is 1.69. The number of thioether (sulfide) groups is 1. The van der Waals surface area contributed by atoms with Gasteiger partial charge in [0.2, 0.25) is 0 Å². The third-order valence-electron chi connectivity index (χ3n) is 2.90. The van der Waals surface area contributed by atoms with E-state index >= 15 is 0 Å². The largest absolute Gasteiger partial charge is 0.478 e. The van der Waals surface area contributed by atoms with Gasteiger partial charge in [0, 0.05) is 25.9 Å². The number of urea groups is 1. The zero-order valence-electron chi connectivity index (χ0n) is 11.8. The average Bonchev–Trinajstić information content (AvgIpc) is 2.44. The van der Waals surface area contributed by atoms with Crippen LogP contribution in [-0.2, 0) is 6.42 Å². The van der Waals surface area contributed by atoms with Gasteiger partial charge in [-0.3, -0.25) is 0 Å². The Balaban J connectivity index is 2.45. The van der Waals surface area contributed by atoms with E-state index in [-0.39, 0.29) is 11.6 Å². The Labute approximate surface area is 123 Å². The number of nitrogens with one attached hydrogen (secondary N) is 1. The van der Waals surface area contributed by atoms with Crippen LogP contribution in [0.5, 0.6) is 0 Å². The first-order valence-electron chi connectivity index (χ1n) is 6.35. The number of benzene rings is 1. The Morgan fingerprint density at radius 1 is 1.35 bits per heavy atom. The monoisotopic (exact) mass is 296 g/mol. The van der Waals surface area contributed by atoms with Crippen molar-refractivity contribution in [3.63, 3.8) is 0 Å². The van der Waals surface area contributed by atoms with Gasteiger partial charge in [-0.25, -0.2) is 9.59 Å². The molecule has 0 aliphatic carbocycles. The highest BCUT2D eigenvalue weighted by Crippen LogP contribution is 2.09. The number of rotatable bonds is 7. The van der Waals surface area contributed by atoms with Gasteiger partial charge in [0.1, 0.15) is 0 Å². The molecule has 0 spiro atoms. The van der Waals surface area contributed by atoms with E-state index < -0.39 is 5.97 Å². The van der Waals surface area contributed by atoms with E-state index in [1.807, 2.05) is 6.26 Å². The summed E-state index contributed by atoms with van der Waals surface area (Å²) in [7, 11) is 1.75. The Hall–Kier alpha value is -1.69. The summed E-state index contributed by atoms with van der Waals surface area (Å²) in [6.45, 7) is 1.12. The standard InChI is InChI=1S/C14H20N2O3S/c1-16(9-10-20-2)14(19)15-8-7-11-5-3-4-6-12(11)13(17)18/h3-6H,7-10H2,1-2H3,(H,15,19)(H,17,18). The van der Waals surface area contributed by atoms with E-state index in [1.54, 1.807) is 48.0 Å². The molecule has 0 fully saturated rings. The maximum atomic E-state index is 11.7. The van der Waals surface area contributed by atoms with E-state index in [9.17, 15) is 9.59 Å². The molecule has 0 aromatic heterocycles. The van der Waals surface area contributed by atoms with Gasteiger partial charge in [0.05, 0.1) is 5.56 Å². The van der Waals surface area contributed by atoms with Crippen molar-refractivity contribution < 1.29 is 14.7 Å². The Bertz CT molecular complexity index is 465. The summed E-state index contributed by atoms with van der Waals surface area (Å²) in [4.78, 5) is 24.4. The third kappa shape index (κ3) is 5.13. The number of hydrogen-bond acceptors (Lipinski definition) is 3. The zero-order chi connectivity index (χ0) is 15.0. The van der Waals surface area contributed by atoms with Crippen molar-refractivity contribution >= 4 is 23.8 Å². The molecule has 110 valence electrons. The number of carbonyl (C=O) groups is 2. The van der Waals surface area contributed by atoms with Crippen LogP contribution in [0.15, 0.2) is 24.3 Å². The fourth-order valence-electron chi connectivity index (χ4n) is 1.72. The number of carboxylic acids is 1. The molecule has 0 heterocycles. The molecule has 0 saturated carbocycles. The predicted molar refractivity (Wildman–Crippen MR) is 81.5 cm³/mol. The number of carbonyl (C=O) groups excluding carboxylic acids is 1. The van der Waals surface area contributed by atoms with E-state index in [0.717, 1.165) is 11.3 Å².